The molecule has 5 heteroatoms. The SMILES string of the molecule is CC(C)N(CCO)CC1CCN(C(=O)OCC2c3ccccc3-c3ccccc32)CC1. The Balaban J connectivity index is 1.31. The van der Waals surface area contributed by atoms with Gasteiger partial charge in [0.15, 0.2) is 0 Å². The molecular weight excluding hydrogens is 388 g/mol. The number of piperidine rings is 1. The topological polar surface area (TPSA) is 53.0 Å². The van der Waals surface area contributed by atoms with Crippen LogP contribution in [0.3, 0.4) is 0 Å². The summed E-state index contributed by atoms with van der Waals surface area (Å²) in [6.07, 6.45) is 1.77. The number of likely N-dealkylation sites (tertiary alicyclic amines) is 1. The van der Waals surface area contributed by atoms with Gasteiger partial charge in [-0.2, -0.15) is 0 Å². The van der Waals surface area contributed by atoms with Gasteiger partial charge in [-0.25, -0.2) is 4.79 Å². The number of carbonyl (C=O) groups excluding carboxylic acids is 1. The normalized spacial score (nSPS) is 16.6. The highest BCUT2D eigenvalue weighted by atomic mass is 16.6. The minimum Gasteiger partial charge on any atom is -0.448 e. The number of aliphatic hydroxyl groups is 1. The molecule has 1 aliphatic carbocycles. The molecule has 0 unspecified atom stereocenters. The van der Waals surface area contributed by atoms with Crippen molar-refractivity contribution in [3.05, 3.63) is 59.7 Å². The molecule has 1 aliphatic heterocycles. The Morgan fingerprint density at radius 1 is 1.06 bits per heavy atom. The molecule has 0 radical (unpaired) electrons. The second-order valence-corrected chi connectivity index (χ2v) is 9.05. The van der Waals surface area contributed by atoms with Gasteiger partial charge >= 0.3 is 6.09 Å². The van der Waals surface area contributed by atoms with Crippen molar-refractivity contribution in [2.24, 2.45) is 5.92 Å². The summed E-state index contributed by atoms with van der Waals surface area (Å²) in [4.78, 5) is 17.0. The van der Waals surface area contributed by atoms with Gasteiger partial charge in [-0.15, -0.1) is 0 Å². The average Bonchev–Trinajstić information content (AvgIpc) is 3.11. The molecule has 2 aliphatic rings. The molecule has 1 heterocycles. The van der Waals surface area contributed by atoms with Crippen LogP contribution in [-0.4, -0.2) is 66.4 Å². The van der Waals surface area contributed by atoms with Crippen LogP contribution in [0.5, 0.6) is 0 Å². The van der Waals surface area contributed by atoms with Gasteiger partial charge in [0.1, 0.15) is 6.61 Å². The summed E-state index contributed by atoms with van der Waals surface area (Å²) in [5, 5.41) is 9.29. The number of carbonyl (C=O) groups is 1. The van der Waals surface area contributed by atoms with Crippen molar-refractivity contribution in [2.45, 2.75) is 38.6 Å². The second-order valence-electron chi connectivity index (χ2n) is 9.05. The molecular formula is C26H34N2O3. The zero-order valence-electron chi connectivity index (χ0n) is 18.7. The molecule has 2 aromatic carbocycles. The lowest BCUT2D eigenvalue weighted by Gasteiger charge is -2.35. The van der Waals surface area contributed by atoms with Crippen molar-refractivity contribution in [2.75, 3.05) is 39.4 Å². The number of hydrogen-bond acceptors (Lipinski definition) is 4. The van der Waals surface area contributed by atoms with Crippen LogP contribution >= 0.6 is 0 Å². The van der Waals surface area contributed by atoms with E-state index in [-0.39, 0.29) is 18.6 Å². The predicted molar refractivity (Wildman–Crippen MR) is 123 cm³/mol. The second kappa shape index (κ2) is 9.84. The van der Waals surface area contributed by atoms with Crippen LogP contribution in [0, 0.1) is 5.92 Å². The Morgan fingerprint density at radius 2 is 1.65 bits per heavy atom. The third-order valence-electron chi connectivity index (χ3n) is 6.82. The fraction of sp³-hybridized carbons (Fsp3) is 0.500. The summed E-state index contributed by atoms with van der Waals surface area (Å²) in [5.41, 5.74) is 4.98. The summed E-state index contributed by atoms with van der Waals surface area (Å²) in [7, 11) is 0. The molecule has 5 nitrogen and oxygen atoms in total. The highest BCUT2D eigenvalue weighted by Crippen LogP contribution is 2.44. The van der Waals surface area contributed by atoms with Gasteiger partial charge in [0.25, 0.3) is 0 Å². The van der Waals surface area contributed by atoms with E-state index in [2.05, 4.69) is 67.3 Å². The van der Waals surface area contributed by atoms with Crippen molar-refractivity contribution >= 4 is 6.09 Å². The van der Waals surface area contributed by atoms with E-state index in [4.69, 9.17) is 4.74 Å². The number of benzene rings is 2. The quantitative estimate of drug-likeness (QED) is 0.721. The highest BCUT2D eigenvalue weighted by Gasteiger charge is 2.31. The van der Waals surface area contributed by atoms with E-state index < -0.39 is 0 Å². The first-order valence-electron chi connectivity index (χ1n) is 11.5. The Bertz CT molecular complexity index is 844. The summed E-state index contributed by atoms with van der Waals surface area (Å²) in [6, 6.07) is 17.3. The molecule has 1 saturated heterocycles. The summed E-state index contributed by atoms with van der Waals surface area (Å²) in [5.74, 6) is 0.665. The van der Waals surface area contributed by atoms with E-state index in [1.807, 2.05) is 4.90 Å². The van der Waals surface area contributed by atoms with Crippen molar-refractivity contribution < 1.29 is 14.6 Å². The Morgan fingerprint density at radius 3 is 2.19 bits per heavy atom. The monoisotopic (exact) mass is 422 g/mol. The smallest absolute Gasteiger partial charge is 0.409 e. The van der Waals surface area contributed by atoms with Crippen molar-refractivity contribution in [3.8, 4) is 11.1 Å². The van der Waals surface area contributed by atoms with Crippen LogP contribution in [0.2, 0.25) is 0 Å². The molecule has 31 heavy (non-hydrogen) atoms. The minimum absolute atomic E-state index is 0.104. The number of amides is 1. The first-order chi connectivity index (χ1) is 15.1. The molecule has 0 aromatic heterocycles. The maximum atomic E-state index is 12.8. The molecule has 4 rings (SSSR count). The highest BCUT2D eigenvalue weighted by molar-refractivity contribution is 5.79. The molecule has 0 bridgehead atoms. The van der Waals surface area contributed by atoms with Crippen LogP contribution in [0.4, 0.5) is 4.79 Å². The zero-order valence-corrected chi connectivity index (χ0v) is 18.7. The maximum Gasteiger partial charge on any atom is 0.409 e. The number of aliphatic hydroxyl groups excluding tert-OH is 1. The Hall–Kier alpha value is -2.37. The lowest BCUT2D eigenvalue weighted by Crippen LogP contribution is -2.44. The third-order valence-corrected chi connectivity index (χ3v) is 6.82. The van der Waals surface area contributed by atoms with Crippen LogP contribution in [-0.2, 0) is 4.74 Å². The van der Waals surface area contributed by atoms with Crippen LogP contribution in [0.1, 0.15) is 43.7 Å². The van der Waals surface area contributed by atoms with E-state index >= 15 is 0 Å². The van der Waals surface area contributed by atoms with E-state index in [1.165, 1.54) is 22.3 Å². The van der Waals surface area contributed by atoms with Crippen molar-refractivity contribution in [3.63, 3.8) is 0 Å². The van der Waals surface area contributed by atoms with Crippen molar-refractivity contribution in [1.82, 2.24) is 9.80 Å². The van der Waals surface area contributed by atoms with E-state index in [9.17, 15) is 9.90 Å². The van der Waals surface area contributed by atoms with Gasteiger partial charge in [0.05, 0.1) is 6.61 Å². The van der Waals surface area contributed by atoms with Crippen LogP contribution in [0.15, 0.2) is 48.5 Å². The van der Waals surface area contributed by atoms with Crippen LogP contribution < -0.4 is 0 Å². The number of ether oxygens (including phenoxy) is 1. The molecule has 0 spiro atoms. The zero-order chi connectivity index (χ0) is 21.8. The van der Waals surface area contributed by atoms with Crippen molar-refractivity contribution in [1.29, 1.82) is 0 Å². The molecule has 1 fully saturated rings. The summed E-state index contributed by atoms with van der Waals surface area (Å²) >= 11 is 0. The molecule has 0 atom stereocenters. The lowest BCUT2D eigenvalue weighted by molar-refractivity contribution is 0.0748. The standard InChI is InChI=1S/C26H34N2O3/c1-19(2)28(15-16-29)17-20-11-13-27(14-12-20)26(30)31-18-25-23-9-5-3-7-21(23)22-8-4-6-10-24(22)25/h3-10,19-20,25,29H,11-18H2,1-2H3. The number of fused-ring (bicyclic) bond motifs is 3. The van der Waals surface area contributed by atoms with Gasteiger partial charge in [-0.05, 0) is 54.9 Å². The largest absolute Gasteiger partial charge is 0.448 e. The Labute approximate surface area is 185 Å². The average molecular weight is 423 g/mol. The third kappa shape index (κ3) is 4.78. The van der Waals surface area contributed by atoms with E-state index in [0.717, 1.165) is 32.5 Å². The fourth-order valence-corrected chi connectivity index (χ4v) is 5.00. The van der Waals surface area contributed by atoms with Gasteiger partial charge in [0, 0.05) is 38.1 Å². The van der Waals surface area contributed by atoms with E-state index in [0.29, 0.717) is 25.1 Å². The number of hydrogen-bond donors (Lipinski definition) is 1. The number of rotatable bonds is 7. The molecule has 1 N–H and O–H groups in total. The van der Waals surface area contributed by atoms with Gasteiger partial charge in [-0.1, -0.05) is 48.5 Å². The molecule has 0 saturated carbocycles. The maximum absolute atomic E-state index is 12.8. The van der Waals surface area contributed by atoms with Gasteiger partial charge < -0.3 is 14.7 Å². The summed E-state index contributed by atoms with van der Waals surface area (Å²) in [6.45, 7) is 8.09. The molecule has 2 aromatic rings. The van der Waals surface area contributed by atoms with E-state index in [1.54, 1.807) is 0 Å². The first-order valence-corrected chi connectivity index (χ1v) is 11.5. The number of nitrogens with zero attached hydrogens (tertiary/aromatic N) is 2. The Kier molecular flexibility index (Phi) is 6.93. The summed E-state index contributed by atoms with van der Waals surface area (Å²) < 4.78 is 5.82. The van der Waals surface area contributed by atoms with Gasteiger partial charge in [0.2, 0.25) is 0 Å². The lowest BCUT2D eigenvalue weighted by atomic mass is 9.96. The minimum atomic E-state index is -0.198. The van der Waals surface area contributed by atoms with Crippen LogP contribution in [0.25, 0.3) is 11.1 Å². The van der Waals surface area contributed by atoms with Gasteiger partial charge in [-0.3, -0.25) is 4.90 Å². The first kappa shape index (κ1) is 21.8. The molecule has 166 valence electrons. The predicted octanol–water partition coefficient (Wildman–Crippen LogP) is 4.35. The fourth-order valence-electron chi connectivity index (χ4n) is 5.00. The molecule has 1 amide bonds.